The maximum atomic E-state index is 4.02. The summed E-state index contributed by atoms with van der Waals surface area (Å²) >= 11 is 0. The van der Waals surface area contributed by atoms with Crippen molar-refractivity contribution in [3.05, 3.63) is 41.2 Å². The molecule has 0 amide bonds. The molecule has 0 bridgehead atoms. The Labute approximate surface area is 114 Å². The van der Waals surface area contributed by atoms with E-state index in [2.05, 4.69) is 59.0 Å². The minimum Gasteiger partial charge on any atom is -0.313 e. The molecule has 0 aliphatic rings. The van der Waals surface area contributed by atoms with Crippen LogP contribution in [0.3, 0.4) is 0 Å². The van der Waals surface area contributed by atoms with Gasteiger partial charge in [-0.3, -0.25) is 0 Å². The summed E-state index contributed by atoms with van der Waals surface area (Å²) in [7, 11) is 1.89. The Bertz CT molecular complexity index is 503. The van der Waals surface area contributed by atoms with Crippen LogP contribution in [-0.2, 0) is 13.1 Å². The number of nitrogens with one attached hydrogen (secondary N) is 1. The molecule has 1 unspecified atom stereocenters. The Morgan fingerprint density at radius 3 is 2.63 bits per heavy atom. The average Bonchev–Trinajstić information content (AvgIpc) is 2.86. The van der Waals surface area contributed by atoms with E-state index in [4.69, 9.17) is 0 Å². The first-order valence-corrected chi connectivity index (χ1v) is 6.73. The number of aromatic nitrogens is 4. The van der Waals surface area contributed by atoms with Crippen molar-refractivity contribution in [1.29, 1.82) is 0 Å². The molecule has 1 N–H and O–H groups in total. The number of tetrazole rings is 1. The molecule has 1 aromatic heterocycles. The van der Waals surface area contributed by atoms with E-state index >= 15 is 0 Å². The Morgan fingerprint density at radius 2 is 2.00 bits per heavy atom. The van der Waals surface area contributed by atoms with E-state index in [0.717, 1.165) is 5.82 Å². The van der Waals surface area contributed by atoms with Gasteiger partial charge in [0, 0.05) is 0 Å². The van der Waals surface area contributed by atoms with Crippen LogP contribution in [-0.4, -0.2) is 27.3 Å². The first-order chi connectivity index (χ1) is 9.24. The maximum absolute atomic E-state index is 4.02. The second-order valence-corrected chi connectivity index (χ2v) is 4.83. The van der Waals surface area contributed by atoms with Gasteiger partial charge in [-0.25, -0.2) is 4.68 Å². The number of nitrogens with zero attached hydrogens (tertiary/aromatic N) is 4. The molecule has 1 heterocycles. The van der Waals surface area contributed by atoms with Crippen LogP contribution in [0.4, 0.5) is 0 Å². The van der Waals surface area contributed by atoms with Gasteiger partial charge in [-0.05, 0) is 40.9 Å². The highest BCUT2D eigenvalue weighted by molar-refractivity contribution is 5.25. The lowest BCUT2D eigenvalue weighted by Crippen LogP contribution is -2.14. The molecule has 5 heteroatoms. The normalized spacial score (nSPS) is 12.6. The van der Waals surface area contributed by atoms with E-state index in [1.54, 1.807) is 0 Å². The Balaban J connectivity index is 2.08. The van der Waals surface area contributed by atoms with Gasteiger partial charge in [0.2, 0.25) is 0 Å². The largest absolute Gasteiger partial charge is 0.313 e. The predicted molar refractivity (Wildman–Crippen MR) is 74.8 cm³/mol. The molecule has 0 aliphatic heterocycles. The van der Waals surface area contributed by atoms with Gasteiger partial charge >= 0.3 is 0 Å². The fourth-order valence-corrected chi connectivity index (χ4v) is 1.99. The van der Waals surface area contributed by atoms with Crippen molar-refractivity contribution in [3.63, 3.8) is 0 Å². The second-order valence-electron chi connectivity index (χ2n) is 4.83. The highest BCUT2D eigenvalue weighted by atomic mass is 15.5. The van der Waals surface area contributed by atoms with Crippen LogP contribution < -0.4 is 5.32 Å². The first-order valence-electron chi connectivity index (χ1n) is 6.73. The van der Waals surface area contributed by atoms with Crippen molar-refractivity contribution >= 4 is 0 Å². The summed E-state index contributed by atoms with van der Waals surface area (Å²) in [6, 6.07) is 8.72. The molecular formula is C14H21N5. The number of hydrogen-bond acceptors (Lipinski definition) is 4. The van der Waals surface area contributed by atoms with Crippen LogP contribution in [0.1, 0.15) is 43.1 Å². The molecule has 1 aromatic carbocycles. The van der Waals surface area contributed by atoms with E-state index in [1.165, 1.54) is 17.5 Å². The summed E-state index contributed by atoms with van der Waals surface area (Å²) in [6.07, 6.45) is 1.17. The van der Waals surface area contributed by atoms with Crippen molar-refractivity contribution in [2.75, 3.05) is 7.05 Å². The van der Waals surface area contributed by atoms with Crippen molar-refractivity contribution in [2.24, 2.45) is 0 Å². The zero-order valence-electron chi connectivity index (χ0n) is 11.8. The molecule has 1 atom stereocenters. The average molecular weight is 259 g/mol. The van der Waals surface area contributed by atoms with Crippen molar-refractivity contribution in [2.45, 2.75) is 39.3 Å². The van der Waals surface area contributed by atoms with Gasteiger partial charge in [-0.2, -0.15) is 0 Å². The lowest BCUT2D eigenvalue weighted by molar-refractivity contribution is 0.600. The number of rotatable bonds is 6. The fraction of sp³-hybridized carbons (Fsp3) is 0.500. The topological polar surface area (TPSA) is 55.6 Å². The lowest BCUT2D eigenvalue weighted by Gasteiger charge is -2.10. The Hall–Kier alpha value is -1.75. The third-order valence-corrected chi connectivity index (χ3v) is 3.43. The van der Waals surface area contributed by atoms with E-state index in [9.17, 15) is 0 Å². The summed E-state index contributed by atoms with van der Waals surface area (Å²) in [4.78, 5) is 0. The molecule has 0 saturated heterocycles. The quantitative estimate of drug-likeness (QED) is 0.861. The molecule has 0 radical (unpaired) electrons. The van der Waals surface area contributed by atoms with Gasteiger partial charge in [0.1, 0.15) is 0 Å². The fourth-order valence-electron chi connectivity index (χ4n) is 1.99. The van der Waals surface area contributed by atoms with E-state index < -0.39 is 0 Å². The smallest absolute Gasteiger partial charge is 0.165 e. The highest BCUT2D eigenvalue weighted by Gasteiger charge is 2.06. The number of benzene rings is 1. The SMILES string of the molecule is CCC(C)c1ccc(Cn2nnnc2CNC)cc1. The molecule has 0 aliphatic carbocycles. The summed E-state index contributed by atoms with van der Waals surface area (Å²) in [5, 5.41) is 14.8. The molecule has 102 valence electrons. The second kappa shape index (κ2) is 6.43. The van der Waals surface area contributed by atoms with Crippen LogP contribution in [0.25, 0.3) is 0 Å². The van der Waals surface area contributed by atoms with Crippen molar-refractivity contribution in [1.82, 2.24) is 25.5 Å². The summed E-state index contributed by atoms with van der Waals surface area (Å²) in [6.45, 7) is 5.85. The summed E-state index contributed by atoms with van der Waals surface area (Å²) in [5.74, 6) is 1.47. The Morgan fingerprint density at radius 1 is 1.26 bits per heavy atom. The molecule has 5 nitrogen and oxygen atoms in total. The molecule has 2 aromatic rings. The minimum atomic E-state index is 0.613. The van der Waals surface area contributed by atoms with Crippen LogP contribution >= 0.6 is 0 Å². The third kappa shape index (κ3) is 3.38. The van der Waals surface area contributed by atoms with Gasteiger partial charge in [0.05, 0.1) is 13.1 Å². The molecule has 0 saturated carbocycles. The van der Waals surface area contributed by atoms with Crippen LogP contribution in [0.15, 0.2) is 24.3 Å². The van der Waals surface area contributed by atoms with Crippen LogP contribution in [0, 0.1) is 0 Å². The molecular weight excluding hydrogens is 238 g/mol. The summed E-state index contributed by atoms with van der Waals surface area (Å²) in [5.41, 5.74) is 2.61. The zero-order chi connectivity index (χ0) is 13.7. The predicted octanol–water partition coefficient (Wildman–Crippen LogP) is 1.95. The third-order valence-electron chi connectivity index (χ3n) is 3.43. The Kier molecular flexibility index (Phi) is 4.63. The van der Waals surface area contributed by atoms with Gasteiger partial charge in [-0.1, -0.05) is 38.1 Å². The van der Waals surface area contributed by atoms with E-state index in [-0.39, 0.29) is 0 Å². The standard InChI is InChI=1S/C14H21N5/c1-4-11(2)13-7-5-12(6-8-13)10-19-14(9-15-3)16-17-18-19/h5-8,11,15H,4,9-10H2,1-3H3. The lowest BCUT2D eigenvalue weighted by atomic mass is 9.98. The van der Waals surface area contributed by atoms with Crippen molar-refractivity contribution < 1.29 is 0 Å². The first kappa shape index (κ1) is 13.7. The number of hydrogen-bond donors (Lipinski definition) is 1. The van der Waals surface area contributed by atoms with Gasteiger partial charge in [0.15, 0.2) is 5.82 Å². The van der Waals surface area contributed by atoms with Gasteiger partial charge in [0.25, 0.3) is 0 Å². The molecule has 19 heavy (non-hydrogen) atoms. The maximum Gasteiger partial charge on any atom is 0.165 e. The molecule has 2 rings (SSSR count). The van der Waals surface area contributed by atoms with E-state index in [0.29, 0.717) is 19.0 Å². The monoisotopic (exact) mass is 259 g/mol. The zero-order valence-corrected chi connectivity index (χ0v) is 11.8. The van der Waals surface area contributed by atoms with Gasteiger partial charge < -0.3 is 5.32 Å². The minimum absolute atomic E-state index is 0.613. The highest BCUT2D eigenvalue weighted by Crippen LogP contribution is 2.19. The van der Waals surface area contributed by atoms with Crippen LogP contribution in [0.5, 0.6) is 0 Å². The van der Waals surface area contributed by atoms with E-state index in [1.807, 2.05) is 11.7 Å². The van der Waals surface area contributed by atoms with Crippen molar-refractivity contribution in [3.8, 4) is 0 Å². The summed E-state index contributed by atoms with van der Waals surface area (Å²) < 4.78 is 1.83. The molecule has 0 spiro atoms. The van der Waals surface area contributed by atoms with Crippen LogP contribution in [0.2, 0.25) is 0 Å². The van der Waals surface area contributed by atoms with Gasteiger partial charge in [-0.15, -0.1) is 5.10 Å². The molecule has 0 fully saturated rings.